The van der Waals surface area contributed by atoms with Gasteiger partial charge in [-0.15, -0.1) is 0 Å². The van der Waals surface area contributed by atoms with Crippen LogP contribution in [0.4, 0.5) is 10.1 Å². The predicted molar refractivity (Wildman–Crippen MR) is 158 cm³/mol. The first-order valence-electron chi connectivity index (χ1n) is 12.7. The molecule has 0 saturated carbocycles. The smallest absolute Gasteiger partial charge is 0.264 e. The van der Waals surface area contributed by atoms with Gasteiger partial charge in [0.05, 0.1) is 24.8 Å². The van der Waals surface area contributed by atoms with Gasteiger partial charge in [-0.3, -0.25) is 13.9 Å². The topological polar surface area (TPSA) is 105 Å². The average Bonchev–Trinajstić information content (AvgIpc) is 2.94. The third kappa shape index (κ3) is 7.98. The number of carbonyl (C=O) groups excluding carboxylic acids is 2. The van der Waals surface area contributed by atoms with Gasteiger partial charge in [-0.05, 0) is 74.9 Å². The molecule has 0 spiro atoms. The molecule has 0 aliphatic rings. The second-order valence-corrected chi connectivity index (χ2v) is 12.3. The van der Waals surface area contributed by atoms with Crippen molar-refractivity contribution in [1.82, 2.24) is 10.2 Å². The maximum absolute atomic E-state index is 14.0. The van der Waals surface area contributed by atoms with Gasteiger partial charge in [-0.25, -0.2) is 12.8 Å². The summed E-state index contributed by atoms with van der Waals surface area (Å²) in [4.78, 5) is 28.0. The van der Waals surface area contributed by atoms with E-state index in [1.54, 1.807) is 32.9 Å². The Kier molecular flexibility index (Phi) is 10.7. The second kappa shape index (κ2) is 13.8. The lowest BCUT2D eigenvalue weighted by Crippen LogP contribution is -2.52. The molecule has 0 aliphatic carbocycles. The summed E-state index contributed by atoms with van der Waals surface area (Å²) in [5.41, 5.74) is 0.805. The highest BCUT2D eigenvalue weighted by Gasteiger charge is 2.33. The Morgan fingerprint density at radius 3 is 2.10 bits per heavy atom. The van der Waals surface area contributed by atoms with Gasteiger partial charge < -0.3 is 19.7 Å². The highest BCUT2D eigenvalue weighted by molar-refractivity contribution is 9.10. The van der Waals surface area contributed by atoms with Gasteiger partial charge in [-0.1, -0.05) is 28.1 Å². The molecule has 0 unspecified atom stereocenters. The zero-order chi connectivity index (χ0) is 30.3. The molecule has 220 valence electrons. The van der Waals surface area contributed by atoms with Crippen LogP contribution in [0.5, 0.6) is 11.5 Å². The number of ether oxygens (including phenoxy) is 2. The van der Waals surface area contributed by atoms with E-state index in [1.165, 1.54) is 49.5 Å². The number of hydrogen-bond donors (Lipinski definition) is 1. The van der Waals surface area contributed by atoms with E-state index in [1.807, 2.05) is 12.1 Å². The fourth-order valence-corrected chi connectivity index (χ4v) is 5.71. The molecule has 1 atom stereocenters. The summed E-state index contributed by atoms with van der Waals surface area (Å²) >= 11 is 3.39. The van der Waals surface area contributed by atoms with E-state index in [9.17, 15) is 22.4 Å². The molecule has 12 heteroatoms. The summed E-state index contributed by atoms with van der Waals surface area (Å²) in [6.45, 7) is 4.58. The van der Waals surface area contributed by atoms with E-state index in [-0.39, 0.29) is 34.8 Å². The largest absolute Gasteiger partial charge is 0.493 e. The monoisotopic (exact) mass is 649 g/mol. The maximum atomic E-state index is 14.0. The Balaban J connectivity index is 2.06. The Labute approximate surface area is 248 Å². The van der Waals surface area contributed by atoms with Gasteiger partial charge >= 0.3 is 0 Å². The molecule has 1 N–H and O–H groups in total. The van der Waals surface area contributed by atoms with Crippen molar-refractivity contribution in [2.75, 3.05) is 25.1 Å². The van der Waals surface area contributed by atoms with E-state index in [0.717, 1.165) is 26.5 Å². The van der Waals surface area contributed by atoms with Crippen LogP contribution >= 0.6 is 15.9 Å². The fourth-order valence-electron chi connectivity index (χ4n) is 4.01. The number of nitrogens with zero attached hydrogens (tertiary/aromatic N) is 2. The highest BCUT2D eigenvalue weighted by Crippen LogP contribution is 2.32. The van der Waals surface area contributed by atoms with Crippen molar-refractivity contribution in [3.8, 4) is 11.5 Å². The van der Waals surface area contributed by atoms with Crippen molar-refractivity contribution < 1.29 is 31.9 Å². The molecule has 41 heavy (non-hydrogen) atoms. The number of benzene rings is 3. The minimum absolute atomic E-state index is 0.0481. The van der Waals surface area contributed by atoms with Crippen molar-refractivity contribution in [3.63, 3.8) is 0 Å². The molecule has 0 heterocycles. The first-order valence-corrected chi connectivity index (χ1v) is 14.9. The van der Waals surface area contributed by atoms with E-state index in [4.69, 9.17) is 9.47 Å². The molecule has 0 radical (unpaired) electrons. The van der Waals surface area contributed by atoms with Gasteiger partial charge in [0.2, 0.25) is 11.8 Å². The molecule has 3 aromatic carbocycles. The molecule has 3 aromatic rings. The molecule has 3 rings (SSSR count). The molecular formula is C29H33BrFN3O6S. The summed E-state index contributed by atoms with van der Waals surface area (Å²) in [7, 11) is -1.58. The zero-order valence-electron chi connectivity index (χ0n) is 23.4. The molecule has 9 nitrogen and oxygen atoms in total. The van der Waals surface area contributed by atoms with Crippen LogP contribution in [0.15, 0.2) is 76.1 Å². The van der Waals surface area contributed by atoms with E-state index in [0.29, 0.717) is 5.75 Å². The highest BCUT2D eigenvalue weighted by atomic mass is 79.9. The quantitative estimate of drug-likeness (QED) is 0.304. The summed E-state index contributed by atoms with van der Waals surface area (Å²) in [6.07, 6.45) is 0. The number of carbonyl (C=O) groups is 2. The summed E-state index contributed by atoms with van der Waals surface area (Å²) in [5, 5.41) is 2.80. The van der Waals surface area contributed by atoms with Crippen molar-refractivity contribution in [2.45, 2.75) is 44.3 Å². The number of sulfonamides is 1. The van der Waals surface area contributed by atoms with E-state index in [2.05, 4.69) is 21.2 Å². The van der Waals surface area contributed by atoms with Crippen LogP contribution in [-0.4, -0.2) is 58.0 Å². The Hall–Kier alpha value is -3.64. The first-order chi connectivity index (χ1) is 19.4. The minimum atomic E-state index is -4.38. The summed E-state index contributed by atoms with van der Waals surface area (Å²) < 4.78 is 54.0. The third-order valence-corrected chi connectivity index (χ3v) is 8.50. The number of amides is 2. The van der Waals surface area contributed by atoms with E-state index < -0.39 is 34.3 Å². The number of anilines is 1. The Morgan fingerprint density at radius 1 is 0.927 bits per heavy atom. The van der Waals surface area contributed by atoms with Gasteiger partial charge in [0, 0.05) is 23.1 Å². The van der Waals surface area contributed by atoms with Crippen LogP contribution in [0.25, 0.3) is 0 Å². The molecule has 2 amide bonds. The number of methoxy groups -OCH3 is 2. The average molecular weight is 651 g/mol. The van der Waals surface area contributed by atoms with Gasteiger partial charge in [-0.2, -0.15) is 0 Å². The van der Waals surface area contributed by atoms with Crippen molar-refractivity contribution in [1.29, 1.82) is 0 Å². The number of hydrogen-bond acceptors (Lipinski definition) is 6. The number of nitrogens with one attached hydrogen (secondary N) is 1. The van der Waals surface area contributed by atoms with Crippen molar-refractivity contribution in [2.24, 2.45) is 0 Å². The number of halogens is 2. The van der Waals surface area contributed by atoms with Crippen LogP contribution in [-0.2, 0) is 26.2 Å². The second-order valence-electron chi connectivity index (χ2n) is 9.49. The zero-order valence-corrected chi connectivity index (χ0v) is 25.8. The fraction of sp³-hybridized carbons (Fsp3) is 0.310. The molecular weight excluding hydrogens is 617 g/mol. The van der Waals surface area contributed by atoms with Crippen molar-refractivity contribution in [3.05, 3.63) is 82.6 Å². The van der Waals surface area contributed by atoms with Crippen LogP contribution < -0.4 is 19.1 Å². The van der Waals surface area contributed by atoms with Crippen LogP contribution in [0.2, 0.25) is 0 Å². The lowest BCUT2D eigenvalue weighted by Gasteiger charge is -2.32. The third-order valence-electron chi connectivity index (χ3n) is 6.20. The van der Waals surface area contributed by atoms with Crippen LogP contribution in [0, 0.1) is 5.82 Å². The normalized spacial score (nSPS) is 12.0. The lowest BCUT2D eigenvalue weighted by atomic mass is 10.1. The molecule has 0 bridgehead atoms. The summed E-state index contributed by atoms with van der Waals surface area (Å²) in [6, 6.07) is 14.9. The summed E-state index contributed by atoms with van der Waals surface area (Å²) in [5.74, 6) is -1.09. The Bertz CT molecular complexity index is 1470. The predicted octanol–water partition coefficient (Wildman–Crippen LogP) is 4.74. The first kappa shape index (κ1) is 31.9. The van der Waals surface area contributed by atoms with E-state index >= 15 is 0 Å². The molecule has 0 saturated heterocycles. The molecule has 0 aromatic heterocycles. The maximum Gasteiger partial charge on any atom is 0.264 e. The van der Waals surface area contributed by atoms with Gasteiger partial charge in [0.25, 0.3) is 10.0 Å². The minimum Gasteiger partial charge on any atom is -0.493 e. The lowest BCUT2D eigenvalue weighted by molar-refractivity contribution is -0.139. The molecule has 0 fully saturated rings. The number of rotatable bonds is 12. The standard InChI is InChI=1S/C29H33BrFN3O6S/c1-19(2)32-29(36)20(3)33(17-21-6-8-22(30)9-7-21)28(35)18-34(24-12-10-23(31)11-13-24)41(37,38)25-14-15-26(39-4)27(16-25)40-5/h6-16,19-20H,17-18H2,1-5H3,(H,32,36)/t20-/m0/s1. The SMILES string of the molecule is COc1ccc(S(=O)(=O)N(CC(=O)N(Cc2ccc(Br)cc2)[C@@H](C)C(=O)NC(C)C)c2ccc(F)cc2)cc1OC. The van der Waals surface area contributed by atoms with Crippen molar-refractivity contribution >= 4 is 43.5 Å². The molecule has 0 aliphatic heterocycles. The van der Waals surface area contributed by atoms with Gasteiger partial charge in [0.15, 0.2) is 11.5 Å². The van der Waals surface area contributed by atoms with Crippen LogP contribution in [0.1, 0.15) is 26.3 Å². The van der Waals surface area contributed by atoms with Crippen LogP contribution in [0.3, 0.4) is 0 Å². The van der Waals surface area contributed by atoms with Gasteiger partial charge in [0.1, 0.15) is 18.4 Å². The Morgan fingerprint density at radius 2 is 1.54 bits per heavy atom.